The summed E-state index contributed by atoms with van der Waals surface area (Å²) >= 11 is 6.24. The fourth-order valence-corrected chi connectivity index (χ4v) is 3.82. The Morgan fingerprint density at radius 1 is 1.11 bits per heavy atom. The number of methoxy groups -OCH3 is 2. The van der Waals surface area contributed by atoms with Gasteiger partial charge in [-0.3, -0.25) is 9.69 Å². The van der Waals surface area contributed by atoms with E-state index in [1.807, 2.05) is 0 Å². The van der Waals surface area contributed by atoms with Crippen LogP contribution in [0, 0.1) is 0 Å². The number of esters is 1. The minimum absolute atomic E-state index is 0.0465. The Balaban J connectivity index is 1.57. The van der Waals surface area contributed by atoms with Crippen LogP contribution >= 0.6 is 11.6 Å². The molecule has 2 aromatic carbocycles. The fourth-order valence-electron chi connectivity index (χ4n) is 3.60. The zero-order valence-electron chi connectivity index (χ0n) is 20.1. The molecule has 0 bridgehead atoms. The number of urea groups is 1. The lowest BCUT2D eigenvalue weighted by Gasteiger charge is -2.15. The monoisotopic (exact) mass is 540 g/mol. The number of carbonyl (C=O) groups is 4. The number of ether oxygens (including phenoxy) is 3. The Hall–Kier alpha value is -4.77. The van der Waals surface area contributed by atoms with Crippen molar-refractivity contribution < 1.29 is 42.9 Å². The maximum absolute atomic E-state index is 13.0. The quantitative estimate of drug-likeness (QED) is 0.233. The first-order valence-electron chi connectivity index (χ1n) is 11.0. The summed E-state index contributed by atoms with van der Waals surface area (Å²) in [6.07, 6.45) is 1.40. The number of nitrogens with one attached hydrogen (secondary N) is 1. The van der Waals surface area contributed by atoms with E-state index in [-0.39, 0.29) is 47.4 Å². The average molecular weight is 541 g/mol. The van der Waals surface area contributed by atoms with E-state index in [4.69, 9.17) is 30.6 Å². The number of benzene rings is 2. The topological polar surface area (TPSA) is 145 Å². The third-order valence-electron chi connectivity index (χ3n) is 5.48. The predicted octanol–water partition coefficient (Wildman–Crippen LogP) is 4.10. The maximum atomic E-state index is 13.0. The number of carbonyl (C=O) groups excluding carboxylic acids is 3. The van der Waals surface area contributed by atoms with E-state index in [2.05, 4.69) is 10.1 Å². The van der Waals surface area contributed by atoms with Gasteiger partial charge in [0.25, 0.3) is 5.91 Å². The molecule has 38 heavy (non-hydrogen) atoms. The van der Waals surface area contributed by atoms with Crippen molar-refractivity contribution in [2.24, 2.45) is 0 Å². The minimum atomic E-state index is -1.04. The smallest absolute Gasteiger partial charge is 0.373 e. The minimum Gasteiger partial charge on any atom is -0.493 e. The standard InChI is InChI=1S/C26H21ClN2O9/c1-35-21-11-17(27)9-16(22(21)37-13-14-3-5-15(6-4-14)24(31)32)10-19-23(30)29(26(34)28-19)12-18-7-8-20(38-18)25(33)36-2/h3-11H,12-13H2,1-2H3,(H,28,34)(H,31,32)/b19-10-. The van der Waals surface area contributed by atoms with Crippen LogP contribution in [0.2, 0.25) is 5.02 Å². The number of hydrogen-bond donors (Lipinski definition) is 2. The van der Waals surface area contributed by atoms with Crippen LogP contribution in [0.25, 0.3) is 6.08 Å². The lowest BCUT2D eigenvalue weighted by atomic mass is 10.1. The van der Waals surface area contributed by atoms with Gasteiger partial charge in [-0.15, -0.1) is 0 Å². The van der Waals surface area contributed by atoms with E-state index in [0.29, 0.717) is 16.1 Å². The summed E-state index contributed by atoms with van der Waals surface area (Å²) < 4.78 is 21.3. The highest BCUT2D eigenvalue weighted by atomic mass is 35.5. The molecule has 1 aromatic heterocycles. The second kappa shape index (κ2) is 11.1. The van der Waals surface area contributed by atoms with Gasteiger partial charge in [0.1, 0.15) is 18.1 Å². The molecule has 3 aromatic rings. The largest absolute Gasteiger partial charge is 0.493 e. The Labute approximate surface area is 221 Å². The van der Waals surface area contributed by atoms with Crippen LogP contribution in [0.1, 0.15) is 37.8 Å². The van der Waals surface area contributed by atoms with Crippen LogP contribution in [0.15, 0.2) is 58.6 Å². The fraction of sp³-hybridized carbons (Fsp3) is 0.154. The maximum Gasteiger partial charge on any atom is 0.373 e. The van der Waals surface area contributed by atoms with E-state index in [0.717, 1.165) is 4.90 Å². The number of rotatable bonds is 9. The Morgan fingerprint density at radius 3 is 2.50 bits per heavy atom. The molecule has 11 nitrogen and oxygen atoms in total. The highest BCUT2D eigenvalue weighted by Gasteiger charge is 2.35. The molecule has 0 unspecified atom stereocenters. The molecule has 1 aliphatic heterocycles. The van der Waals surface area contributed by atoms with Crippen molar-refractivity contribution in [3.63, 3.8) is 0 Å². The highest BCUT2D eigenvalue weighted by Crippen LogP contribution is 2.37. The first kappa shape index (κ1) is 26.3. The number of aromatic carboxylic acids is 1. The van der Waals surface area contributed by atoms with Crippen molar-refractivity contribution in [1.82, 2.24) is 10.2 Å². The summed E-state index contributed by atoms with van der Waals surface area (Å²) in [5.74, 6) is -1.69. The van der Waals surface area contributed by atoms with E-state index in [9.17, 15) is 19.2 Å². The van der Waals surface area contributed by atoms with E-state index in [1.54, 1.807) is 12.1 Å². The van der Waals surface area contributed by atoms with Crippen LogP contribution in [0.4, 0.5) is 4.79 Å². The van der Waals surface area contributed by atoms with Crippen molar-refractivity contribution in [2.75, 3.05) is 14.2 Å². The molecule has 0 spiro atoms. The average Bonchev–Trinajstić information content (AvgIpc) is 3.48. The van der Waals surface area contributed by atoms with Gasteiger partial charge in [0, 0.05) is 16.7 Å². The van der Waals surface area contributed by atoms with Gasteiger partial charge in [-0.05, 0) is 42.0 Å². The number of imide groups is 1. The number of hydrogen-bond acceptors (Lipinski definition) is 8. The molecular weight excluding hydrogens is 520 g/mol. The van der Waals surface area contributed by atoms with E-state index < -0.39 is 23.9 Å². The summed E-state index contributed by atoms with van der Waals surface area (Å²) in [4.78, 5) is 49.2. The first-order chi connectivity index (χ1) is 18.2. The highest BCUT2D eigenvalue weighted by molar-refractivity contribution is 6.31. The number of amides is 3. The number of halogens is 1. The predicted molar refractivity (Wildman–Crippen MR) is 133 cm³/mol. The molecule has 1 fully saturated rings. The van der Waals surface area contributed by atoms with Crippen molar-refractivity contribution in [3.8, 4) is 11.5 Å². The van der Waals surface area contributed by atoms with E-state index >= 15 is 0 Å². The summed E-state index contributed by atoms with van der Waals surface area (Å²) in [6, 6.07) is 11.4. The Kier molecular flexibility index (Phi) is 7.68. The molecule has 0 saturated carbocycles. The van der Waals surface area contributed by atoms with Crippen LogP contribution in [0.5, 0.6) is 11.5 Å². The Morgan fingerprint density at radius 2 is 1.84 bits per heavy atom. The lowest BCUT2D eigenvalue weighted by molar-refractivity contribution is -0.123. The molecule has 4 rings (SSSR count). The van der Waals surface area contributed by atoms with Gasteiger partial charge in [0.2, 0.25) is 5.76 Å². The molecule has 1 saturated heterocycles. The Bertz CT molecular complexity index is 1440. The van der Waals surface area contributed by atoms with Gasteiger partial charge in [-0.1, -0.05) is 23.7 Å². The van der Waals surface area contributed by atoms with Gasteiger partial charge in [0.15, 0.2) is 11.5 Å². The third kappa shape index (κ3) is 5.62. The molecule has 2 heterocycles. The normalized spacial score (nSPS) is 14.0. The third-order valence-corrected chi connectivity index (χ3v) is 5.69. The van der Waals surface area contributed by atoms with Crippen LogP contribution < -0.4 is 14.8 Å². The van der Waals surface area contributed by atoms with Gasteiger partial charge in [0.05, 0.1) is 26.3 Å². The van der Waals surface area contributed by atoms with Crippen LogP contribution in [0.3, 0.4) is 0 Å². The van der Waals surface area contributed by atoms with Crippen molar-refractivity contribution in [3.05, 3.63) is 87.5 Å². The summed E-state index contributed by atoms with van der Waals surface area (Å²) in [7, 11) is 2.63. The second-order valence-electron chi connectivity index (χ2n) is 7.95. The van der Waals surface area contributed by atoms with Gasteiger partial charge in [-0.2, -0.15) is 0 Å². The van der Waals surface area contributed by atoms with Crippen molar-refractivity contribution in [1.29, 1.82) is 0 Å². The molecule has 0 radical (unpaired) electrons. The second-order valence-corrected chi connectivity index (χ2v) is 8.39. The zero-order valence-corrected chi connectivity index (χ0v) is 20.9. The van der Waals surface area contributed by atoms with Gasteiger partial charge >= 0.3 is 18.0 Å². The number of carboxylic acid groups (broad SMARTS) is 1. The summed E-state index contributed by atoms with van der Waals surface area (Å²) in [6.45, 7) is -0.158. The SMILES string of the molecule is COC(=O)c1ccc(CN2C(=O)N/C(=C\c3cc(Cl)cc(OC)c3OCc3ccc(C(=O)O)cc3)C2=O)o1. The van der Waals surface area contributed by atoms with Crippen molar-refractivity contribution in [2.45, 2.75) is 13.2 Å². The summed E-state index contributed by atoms with van der Waals surface area (Å²) in [5, 5.41) is 11.9. The van der Waals surface area contributed by atoms with Crippen LogP contribution in [-0.2, 0) is 22.7 Å². The van der Waals surface area contributed by atoms with E-state index in [1.165, 1.54) is 56.7 Å². The first-order valence-corrected chi connectivity index (χ1v) is 11.4. The number of carboxylic acids is 1. The molecule has 0 atom stereocenters. The molecule has 3 amide bonds. The molecule has 0 aliphatic carbocycles. The molecule has 2 N–H and O–H groups in total. The molecule has 196 valence electrons. The summed E-state index contributed by atoms with van der Waals surface area (Å²) in [5.41, 5.74) is 1.13. The molecular formula is C26H21ClN2O9. The lowest BCUT2D eigenvalue weighted by Crippen LogP contribution is -2.30. The molecule has 12 heteroatoms. The molecule has 1 aliphatic rings. The van der Waals surface area contributed by atoms with Crippen LogP contribution in [-0.4, -0.2) is 48.1 Å². The van der Waals surface area contributed by atoms with Crippen molar-refractivity contribution >= 4 is 41.6 Å². The zero-order chi connectivity index (χ0) is 27.4. The van der Waals surface area contributed by atoms with Gasteiger partial charge < -0.3 is 29.1 Å². The van der Waals surface area contributed by atoms with Gasteiger partial charge in [-0.25, -0.2) is 14.4 Å². The number of nitrogens with zero attached hydrogens (tertiary/aromatic N) is 1. The number of furan rings is 1.